The summed E-state index contributed by atoms with van der Waals surface area (Å²) < 4.78 is 10.5. The van der Waals surface area contributed by atoms with E-state index in [2.05, 4.69) is 10.3 Å². The van der Waals surface area contributed by atoms with Crippen LogP contribution in [0.4, 0.5) is 10.8 Å². The lowest BCUT2D eigenvalue weighted by Gasteiger charge is -2.20. The van der Waals surface area contributed by atoms with Crippen LogP contribution in [0, 0.1) is 5.92 Å². The number of ether oxygens (including phenoxy) is 2. The molecule has 2 aromatic rings. The Morgan fingerprint density at radius 3 is 2.63 bits per heavy atom. The number of carbonyl (C=O) groups is 3. The van der Waals surface area contributed by atoms with Gasteiger partial charge in [-0.3, -0.25) is 19.3 Å². The van der Waals surface area contributed by atoms with Crippen LogP contribution in [0.1, 0.15) is 39.3 Å². The Bertz CT molecular complexity index is 881. The molecule has 8 nitrogen and oxygen atoms in total. The second-order valence-electron chi connectivity index (χ2n) is 7.02. The van der Waals surface area contributed by atoms with Crippen LogP contribution in [-0.2, 0) is 25.7 Å². The fourth-order valence-electron chi connectivity index (χ4n) is 2.57. The van der Waals surface area contributed by atoms with Crippen molar-refractivity contribution in [2.75, 3.05) is 18.6 Å². The van der Waals surface area contributed by atoms with Gasteiger partial charge in [0.2, 0.25) is 11.8 Å². The third kappa shape index (κ3) is 6.84. The van der Waals surface area contributed by atoms with Crippen molar-refractivity contribution in [2.45, 2.75) is 40.2 Å². The van der Waals surface area contributed by atoms with Gasteiger partial charge in [0.25, 0.3) is 0 Å². The number of thiazole rings is 1. The number of nitrogens with zero attached hydrogens (tertiary/aromatic N) is 2. The van der Waals surface area contributed by atoms with Crippen LogP contribution >= 0.6 is 11.3 Å². The predicted octanol–water partition coefficient (Wildman–Crippen LogP) is 3.43. The van der Waals surface area contributed by atoms with E-state index in [4.69, 9.17) is 9.47 Å². The van der Waals surface area contributed by atoms with E-state index >= 15 is 0 Å². The number of nitrogens with one attached hydrogen (secondary N) is 1. The molecule has 30 heavy (non-hydrogen) atoms. The third-order valence-electron chi connectivity index (χ3n) is 4.13. The summed E-state index contributed by atoms with van der Waals surface area (Å²) in [5.74, 6) is 0.0266. The number of hydrogen-bond donors (Lipinski definition) is 1. The van der Waals surface area contributed by atoms with Crippen molar-refractivity contribution in [3.63, 3.8) is 0 Å². The Hall–Kier alpha value is -2.94. The highest BCUT2D eigenvalue weighted by Crippen LogP contribution is 2.35. The second kappa shape index (κ2) is 11.3. The van der Waals surface area contributed by atoms with Crippen LogP contribution in [0.3, 0.4) is 0 Å². The smallest absolute Gasteiger partial charge is 0.325 e. The summed E-state index contributed by atoms with van der Waals surface area (Å²) in [4.78, 5) is 41.6. The molecule has 0 aliphatic rings. The van der Waals surface area contributed by atoms with Gasteiger partial charge in [-0.1, -0.05) is 26.0 Å². The van der Waals surface area contributed by atoms with Crippen molar-refractivity contribution in [2.24, 2.45) is 5.92 Å². The Labute approximate surface area is 180 Å². The molecule has 1 heterocycles. The van der Waals surface area contributed by atoms with Crippen LogP contribution in [-0.4, -0.2) is 36.4 Å². The summed E-state index contributed by atoms with van der Waals surface area (Å²) >= 11 is 1.26. The van der Waals surface area contributed by atoms with E-state index in [1.165, 1.54) is 30.3 Å². The van der Waals surface area contributed by atoms with Crippen molar-refractivity contribution in [1.82, 2.24) is 10.3 Å². The van der Waals surface area contributed by atoms with Gasteiger partial charge in [-0.25, -0.2) is 4.98 Å². The van der Waals surface area contributed by atoms with E-state index in [1.807, 2.05) is 19.9 Å². The fourth-order valence-corrected chi connectivity index (χ4v) is 3.44. The summed E-state index contributed by atoms with van der Waals surface area (Å²) in [6, 6.07) is 7.15. The van der Waals surface area contributed by atoms with Crippen LogP contribution in [0.2, 0.25) is 0 Å². The average molecular weight is 434 g/mol. The van der Waals surface area contributed by atoms with E-state index in [0.717, 1.165) is 6.42 Å². The number of methoxy groups -OCH3 is 1. The molecule has 0 bridgehead atoms. The van der Waals surface area contributed by atoms with Crippen LogP contribution in [0.5, 0.6) is 5.75 Å². The molecule has 162 valence electrons. The molecule has 2 amide bonds. The molecule has 1 aromatic carbocycles. The molecule has 0 spiro atoms. The standard InChI is InChI=1S/C21H27N3O5S/c1-14(2)9-10-19(26)22-11-20(27)29-12-16-13-30-21(23-16)24(15(3)25)17-7-5-6-8-18(17)28-4/h5-8,13-14H,9-12H2,1-4H3,(H,22,26). The van der Waals surface area contributed by atoms with E-state index in [-0.39, 0.29) is 25.0 Å². The molecular formula is C21H27N3O5S. The van der Waals surface area contributed by atoms with Gasteiger partial charge < -0.3 is 14.8 Å². The Kier molecular flexibility index (Phi) is 8.79. The molecule has 0 aliphatic carbocycles. The van der Waals surface area contributed by atoms with Crippen molar-refractivity contribution in [1.29, 1.82) is 0 Å². The van der Waals surface area contributed by atoms with Crippen molar-refractivity contribution >= 4 is 39.9 Å². The topological polar surface area (TPSA) is 97.8 Å². The van der Waals surface area contributed by atoms with Crippen LogP contribution in [0.15, 0.2) is 29.6 Å². The number of amides is 2. The van der Waals surface area contributed by atoms with E-state index in [1.54, 1.807) is 23.6 Å². The lowest BCUT2D eigenvalue weighted by Crippen LogP contribution is -2.30. The first-order valence-electron chi connectivity index (χ1n) is 9.62. The summed E-state index contributed by atoms with van der Waals surface area (Å²) in [5.41, 5.74) is 1.09. The van der Waals surface area contributed by atoms with Gasteiger partial charge in [0, 0.05) is 18.7 Å². The summed E-state index contributed by atoms with van der Waals surface area (Å²) in [6.45, 7) is 5.27. The SMILES string of the molecule is COc1ccccc1N(C(C)=O)c1nc(COC(=O)CNC(=O)CCC(C)C)cs1. The van der Waals surface area contributed by atoms with E-state index in [0.29, 0.717) is 34.6 Å². The molecule has 0 saturated heterocycles. The molecule has 0 unspecified atom stereocenters. The first kappa shape index (κ1) is 23.3. The van der Waals surface area contributed by atoms with Crippen LogP contribution in [0.25, 0.3) is 0 Å². The number of hydrogen-bond acceptors (Lipinski definition) is 7. The zero-order valence-electron chi connectivity index (χ0n) is 17.6. The van der Waals surface area contributed by atoms with Crippen molar-refractivity contribution in [3.05, 3.63) is 35.3 Å². The van der Waals surface area contributed by atoms with Crippen LogP contribution < -0.4 is 15.0 Å². The van der Waals surface area contributed by atoms with E-state index < -0.39 is 5.97 Å². The van der Waals surface area contributed by atoms with Crippen molar-refractivity contribution < 1.29 is 23.9 Å². The average Bonchev–Trinajstić information content (AvgIpc) is 3.17. The summed E-state index contributed by atoms with van der Waals surface area (Å²) in [7, 11) is 1.53. The number of aromatic nitrogens is 1. The van der Waals surface area contributed by atoms with Gasteiger partial charge in [-0.05, 0) is 24.5 Å². The Morgan fingerprint density at radius 2 is 1.97 bits per heavy atom. The highest BCUT2D eigenvalue weighted by Gasteiger charge is 2.21. The summed E-state index contributed by atoms with van der Waals surface area (Å²) in [6.07, 6.45) is 1.14. The minimum Gasteiger partial charge on any atom is -0.495 e. The van der Waals surface area contributed by atoms with Gasteiger partial charge in [0.15, 0.2) is 5.13 Å². The molecule has 1 aromatic heterocycles. The minimum absolute atomic E-state index is 0.0468. The maximum atomic E-state index is 12.2. The molecule has 2 rings (SSSR count). The Balaban J connectivity index is 1.94. The predicted molar refractivity (Wildman–Crippen MR) is 115 cm³/mol. The summed E-state index contributed by atoms with van der Waals surface area (Å²) in [5, 5.41) is 4.71. The fraction of sp³-hybridized carbons (Fsp3) is 0.429. The molecule has 0 fully saturated rings. The molecule has 0 radical (unpaired) electrons. The monoisotopic (exact) mass is 433 g/mol. The largest absolute Gasteiger partial charge is 0.495 e. The Morgan fingerprint density at radius 1 is 1.23 bits per heavy atom. The second-order valence-corrected chi connectivity index (χ2v) is 7.85. The maximum absolute atomic E-state index is 12.2. The van der Waals surface area contributed by atoms with Crippen molar-refractivity contribution in [3.8, 4) is 5.75 Å². The van der Waals surface area contributed by atoms with Gasteiger partial charge in [-0.15, -0.1) is 11.3 Å². The maximum Gasteiger partial charge on any atom is 0.325 e. The number of benzene rings is 1. The molecule has 0 atom stereocenters. The minimum atomic E-state index is -0.546. The first-order valence-corrected chi connectivity index (χ1v) is 10.5. The molecule has 0 aliphatic heterocycles. The normalized spacial score (nSPS) is 10.6. The van der Waals surface area contributed by atoms with Gasteiger partial charge in [0.1, 0.15) is 18.9 Å². The third-order valence-corrected chi connectivity index (χ3v) is 5.01. The molecular weight excluding hydrogens is 406 g/mol. The number of carbonyl (C=O) groups excluding carboxylic acids is 3. The quantitative estimate of drug-likeness (QED) is 0.577. The number of para-hydroxylation sites is 2. The lowest BCUT2D eigenvalue weighted by molar-refractivity contribution is -0.145. The first-order chi connectivity index (χ1) is 14.3. The van der Waals surface area contributed by atoms with Gasteiger partial charge >= 0.3 is 5.97 Å². The highest BCUT2D eigenvalue weighted by molar-refractivity contribution is 7.14. The van der Waals surface area contributed by atoms with Gasteiger partial charge in [0.05, 0.1) is 18.5 Å². The molecule has 9 heteroatoms. The highest BCUT2D eigenvalue weighted by atomic mass is 32.1. The number of anilines is 2. The van der Waals surface area contributed by atoms with E-state index in [9.17, 15) is 14.4 Å². The van der Waals surface area contributed by atoms with Gasteiger partial charge in [-0.2, -0.15) is 0 Å². The molecule has 0 saturated carbocycles. The number of rotatable bonds is 10. The zero-order valence-corrected chi connectivity index (χ0v) is 18.5. The molecule has 1 N–H and O–H groups in total. The number of esters is 1. The zero-order chi connectivity index (χ0) is 22.1. The lowest BCUT2D eigenvalue weighted by atomic mass is 10.1.